The fraction of sp³-hybridized carbons (Fsp3) is 0.458. The molecule has 0 saturated carbocycles. The van der Waals surface area contributed by atoms with Gasteiger partial charge in [0.1, 0.15) is 12.4 Å². The van der Waals surface area contributed by atoms with E-state index in [1.807, 2.05) is 30.3 Å². The highest BCUT2D eigenvalue weighted by atomic mass is 127. The Labute approximate surface area is 202 Å². The lowest BCUT2D eigenvalue weighted by molar-refractivity contribution is 0.0168. The molecule has 1 saturated heterocycles. The quantitative estimate of drug-likeness (QED) is 0.195. The monoisotopic (exact) mass is 539 g/mol. The summed E-state index contributed by atoms with van der Waals surface area (Å²) in [5.74, 6) is 1.67. The van der Waals surface area contributed by atoms with Crippen LogP contribution < -0.4 is 15.4 Å². The molecular formula is C24H34IN3O3. The molecule has 2 aromatic carbocycles. The first-order chi connectivity index (χ1) is 14.8. The van der Waals surface area contributed by atoms with Gasteiger partial charge in [-0.15, -0.1) is 24.0 Å². The Morgan fingerprint density at radius 3 is 2.71 bits per heavy atom. The second kappa shape index (κ2) is 15.0. The van der Waals surface area contributed by atoms with Gasteiger partial charge in [0, 0.05) is 33.4 Å². The Morgan fingerprint density at radius 1 is 1.10 bits per heavy atom. The number of nitrogens with one attached hydrogen (secondary N) is 2. The third-order valence-corrected chi connectivity index (χ3v) is 4.91. The van der Waals surface area contributed by atoms with Crippen LogP contribution in [0.3, 0.4) is 0 Å². The molecule has 7 heteroatoms. The van der Waals surface area contributed by atoms with E-state index in [4.69, 9.17) is 14.2 Å². The van der Waals surface area contributed by atoms with E-state index >= 15 is 0 Å². The van der Waals surface area contributed by atoms with Crippen LogP contribution in [-0.4, -0.2) is 45.5 Å². The van der Waals surface area contributed by atoms with Crippen LogP contribution in [0.2, 0.25) is 0 Å². The lowest BCUT2D eigenvalue weighted by atomic mass is 10.1. The average molecular weight is 539 g/mol. The summed E-state index contributed by atoms with van der Waals surface area (Å²) in [5, 5.41) is 6.69. The Balaban J connectivity index is 0.00000341. The molecule has 3 rings (SSSR count). The molecular weight excluding hydrogens is 505 g/mol. The molecule has 2 aromatic rings. The number of guanidine groups is 1. The first kappa shape index (κ1) is 25.4. The predicted molar refractivity (Wildman–Crippen MR) is 135 cm³/mol. The van der Waals surface area contributed by atoms with Gasteiger partial charge in [-0.05, 0) is 42.5 Å². The molecule has 1 aliphatic rings. The average Bonchev–Trinajstić information content (AvgIpc) is 3.31. The Hall–Kier alpha value is -1.84. The molecule has 1 aliphatic heterocycles. The van der Waals surface area contributed by atoms with Gasteiger partial charge in [0.2, 0.25) is 0 Å². The molecule has 1 heterocycles. The van der Waals surface area contributed by atoms with Gasteiger partial charge in [-0.3, -0.25) is 4.99 Å². The number of ether oxygens (including phenoxy) is 3. The first-order valence-corrected chi connectivity index (χ1v) is 10.7. The molecule has 0 aliphatic carbocycles. The van der Waals surface area contributed by atoms with Crippen molar-refractivity contribution in [2.75, 3.05) is 33.4 Å². The van der Waals surface area contributed by atoms with Crippen molar-refractivity contribution in [1.82, 2.24) is 10.6 Å². The molecule has 31 heavy (non-hydrogen) atoms. The molecule has 170 valence electrons. The number of rotatable bonds is 11. The van der Waals surface area contributed by atoms with Gasteiger partial charge in [-0.2, -0.15) is 0 Å². The number of hydrogen-bond acceptors (Lipinski definition) is 4. The fourth-order valence-corrected chi connectivity index (χ4v) is 3.29. The van der Waals surface area contributed by atoms with Gasteiger partial charge < -0.3 is 24.8 Å². The summed E-state index contributed by atoms with van der Waals surface area (Å²) in [6.45, 7) is 4.38. The van der Waals surface area contributed by atoms with Gasteiger partial charge in [0.25, 0.3) is 0 Å². The Bertz CT molecular complexity index is 768. The zero-order valence-corrected chi connectivity index (χ0v) is 20.5. The maximum absolute atomic E-state index is 5.84. The van der Waals surface area contributed by atoms with E-state index in [1.54, 1.807) is 7.05 Å². The van der Waals surface area contributed by atoms with Gasteiger partial charge in [-0.25, -0.2) is 0 Å². The van der Waals surface area contributed by atoms with Crippen LogP contribution in [0.1, 0.15) is 30.4 Å². The number of aliphatic imine (C=N–C) groups is 1. The van der Waals surface area contributed by atoms with Crippen molar-refractivity contribution in [2.45, 2.75) is 38.5 Å². The number of halogens is 1. The topological polar surface area (TPSA) is 64.1 Å². The highest BCUT2D eigenvalue weighted by Gasteiger charge is 2.14. The zero-order chi connectivity index (χ0) is 20.9. The SMILES string of the molecule is CN=C(NCCCOCC1CCCO1)NCc1cccc(COc2ccccc2)c1.I. The summed E-state index contributed by atoms with van der Waals surface area (Å²) < 4.78 is 17.1. The van der Waals surface area contributed by atoms with Crippen molar-refractivity contribution in [1.29, 1.82) is 0 Å². The molecule has 0 amide bonds. The van der Waals surface area contributed by atoms with Crippen molar-refractivity contribution < 1.29 is 14.2 Å². The lowest BCUT2D eigenvalue weighted by Crippen LogP contribution is -2.37. The first-order valence-electron chi connectivity index (χ1n) is 10.7. The van der Waals surface area contributed by atoms with Crippen LogP contribution in [0.5, 0.6) is 5.75 Å². The largest absolute Gasteiger partial charge is 0.489 e. The highest BCUT2D eigenvalue weighted by molar-refractivity contribution is 14.0. The third-order valence-electron chi connectivity index (χ3n) is 4.91. The van der Waals surface area contributed by atoms with Crippen molar-refractivity contribution in [2.24, 2.45) is 4.99 Å². The van der Waals surface area contributed by atoms with E-state index in [9.17, 15) is 0 Å². The molecule has 1 fully saturated rings. The molecule has 1 unspecified atom stereocenters. The molecule has 0 aromatic heterocycles. The molecule has 0 radical (unpaired) electrons. The van der Waals surface area contributed by atoms with Crippen LogP contribution in [0.4, 0.5) is 0 Å². The molecule has 1 atom stereocenters. The lowest BCUT2D eigenvalue weighted by Gasteiger charge is -2.13. The normalized spacial score (nSPS) is 15.9. The van der Waals surface area contributed by atoms with E-state index in [2.05, 4.69) is 39.9 Å². The number of hydrogen-bond donors (Lipinski definition) is 2. The van der Waals surface area contributed by atoms with E-state index in [1.165, 1.54) is 5.56 Å². The van der Waals surface area contributed by atoms with Crippen molar-refractivity contribution in [3.05, 3.63) is 65.7 Å². The number of nitrogens with zero attached hydrogens (tertiary/aromatic N) is 1. The van der Waals surface area contributed by atoms with Crippen molar-refractivity contribution in [3.8, 4) is 5.75 Å². The second-order valence-electron chi connectivity index (χ2n) is 7.34. The predicted octanol–water partition coefficient (Wildman–Crippen LogP) is 4.13. The molecule has 0 spiro atoms. The Kier molecular flexibility index (Phi) is 12.3. The highest BCUT2D eigenvalue weighted by Crippen LogP contribution is 2.13. The summed E-state index contributed by atoms with van der Waals surface area (Å²) in [4.78, 5) is 4.29. The third kappa shape index (κ3) is 9.88. The van der Waals surface area contributed by atoms with Crippen LogP contribution in [0, 0.1) is 0 Å². The van der Waals surface area contributed by atoms with Crippen molar-refractivity contribution in [3.63, 3.8) is 0 Å². The van der Waals surface area contributed by atoms with Crippen LogP contribution in [0.15, 0.2) is 59.6 Å². The van der Waals surface area contributed by atoms with Gasteiger partial charge >= 0.3 is 0 Å². The minimum Gasteiger partial charge on any atom is -0.489 e. The van der Waals surface area contributed by atoms with Gasteiger partial charge in [-0.1, -0.05) is 42.5 Å². The van der Waals surface area contributed by atoms with Gasteiger partial charge in [0.05, 0.1) is 12.7 Å². The summed E-state index contributed by atoms with van der Waals surface area (Å²) in [6.07, 6.45) is 3.50. The van der Waals surface area contributed by atoms with Gasteiger partial charge in [0.15, 0.2) is 5.96 Å². The van der Waals surface area contributed by atoms with E-state index in [0.717, 1.165) is 56.3 Å². The number of benzene rings is 2. The number of para-hydroxylation sites is 1. The smallest absolute Gasteiger partial charge is 0.191 e. The summed E-state index contributed by atoms with van der Waals surface area (Å²) >= 11 is 0. The standard InChI is InChI=1S/C24H33N3O3.HI/c1-25-24(26-13-7-14-28-19-23-12-6-15-29-23)27-17-20-8-5-9-21(16-20)18-30-22-10-3-2-4-11-22;/h2-5,8-11,16,23H,6-7,12-15,17-19H2,1H3,(H2,25,26,27);1H. The fourth-order valence-electron chi connectivity index (χ4n) is 3.29. The van der Waals surface area contributed by atoms with Crippen molar-refractivity contribution >= 4 is 29.9 Å². The van der Waals surface area contributed by atoms with Crippen LogP contribution >= 0.6 is 24.0 Å². The van der Waals surface area contributed by atoms with Crippen LogP contribution in [0.25, 0.3) is 0 Å². The molecule has 0 bridgehead atoms. The molecule has 6 nitrogen and oxygen atoms in total. The summed E-state index contributed by atoms with van der Waals surface area (Å²) in [5.41, 5.74) is 2.33. The minimum atomic E-state index is 0. The van der Waals surface area contributed by atoms with Crippen LogP contribution in [-0.2, 0) is 22.6 Å². The zero-order valence-electron chi connectivity index (χ0n) is 18.2. The summed E-state index contributed by atoms with van der Waals surface area (Å²) in [7, 11) is 1.79. The maximum atomic E-state index is 5.84. The van der Waals surface area contributed by atoms with E-state index < -0.39 is 0 Å². The second-order valence-corrected chi connectivity index (χ2v) is 7.34. The molecule has 2 N–H and O–H groups in total. The van der Waals surface area contributed by atoms with E-state index in [0.29, 0.717) is 25.9 Å². The summed E-state index contributed by atoms with van der Waals surface area (Å²) in [6, 6.07) is 18.3. The van der Waals surface area contributed by atoms with E-state index in [-0.39, 0.29) is 24.0 Å². The minimum absolute atomic E-state index is 0. The Morgan fingerprint density at radius 2 is 1.94 bits per heavy atom. The maximum Gasteiger partial charge on any atom is 0.191 e.